The third-order valence-corrected chi connectivity index (χ3v) is 4.73. The lowest BCUT2D eigenvalue weighted by atomic mass is 10.0. The number of nitrogens with one attached hydrogen (secondary N) is 2. The molecule has 142 valence electrons. The summed E-state index contributed by atoms with van der Waals surface area (Å²) in [6.45, 7) is 0.0710. The summed E-state index contributed by atoms with van der Waals surface area (Å²) in [5.74, 6) is -0.373. The Hall–Kier alpha value is -3.45. The molecule has 3 aromatic rings. The number of aliphatic hydroxyl groups is 1. The van der Waals surface area contributed by atoms with Crippen LogP contribution in [0.1, 0.15) is 22.5 Å². The van der Waals surface area contributed by atoms with Crippen LogP contribution >= 0.6 is 0 Å². The lowest BCUT2D eigenvalue weighted by molar-refractivity contribution is -0.132. The number of Topliss-reactive ketones (excluding diaryl/α,β-unsaturated/α-hetero) is 1. The van der Waals surface area contributed by atoms with E-state index in [1.165, 1.54) is 4.90 Å². The molecule has 0 atom stereocenters. The first-order valence-corrected chi connectivity index (χ1v) is 9.06. The number of aliphatic hydroxyl groups excluding tert-OH is 1. The van der Waals surface area contributed by atoms with Gasteiger partial charge in [0.2, 0.25) is 5.91 Å². The van der Waals surface area contributed by atoms with Gasteiger partial charge in [-0.05, 0) is 24.3 Å². The number of aromatic nitrogens is 2. The molecule has 28 heavy (non-hydrogen) atoms. The number of rotatable bonds is 5. The van der Waals surface area contributed by atoms with Crippen LogP contribution in [0.15, 0.2) is 54.9 Å². The molecule has 1 amide bonds. The average molecular weight is 376 g/mol. The molecule has 0 spiro atoms. The molecule has 0 saturated carbocycles. The first-order valence-electron chi connectivity index (χ1n) is 9.06. The summed E-state index contributed by atoms with van der Waals surface area (Å²) < 4.78 is 0. The lowest BCUT2D eigenvalue weighted by Gasteiger charge is -2.26. The third-order valence-electron chi connectivity index (χ3n) is 4.73. The number of carbonyl (C=O) groups is 2. The maximum atomic E-state index is 12.9. The maximum absolute atomic E-state index is 12.9. The monoisotopic (exact) mass is 376 g/mol. The molecule has 0 saturated heterocycles. The normalized spacial score (nSPS) is 13.3. The second-order valence-corrected chi connectivity index (χ2v) is 6.60. The molecule has 4 rings (SSSR count). The summed E-state index contributed by atoms with van der Waals surface area (Å²) in [6.07, 6.45) is 3.40. The fraction of sp³-hybridized carbons (Fsp3) is 0.190. The van der Waals surface area contributed by atoms with Gasteiger partial charge in [0.05, 0.1) is 36.6 Å². The topological polar surface area (TPSA) is 98.3 Å². The Morgan fingerprint density at radius 3 is 2.61 bits per heavy atom. The van der Waals surface area contributed by atoms with Crippen molar-refractivity contribution >= 4 is 23.1 Å². The Morgan fingerprint density at radius 1 is 1.14 bits per heavy atom. The van der Waals surface area contributed by atoms with E-state index in [1.807, 2.05) is 42.5 Å². The molecule has 2 aromatic heterocycles. The van der Waals surface area contributed by atoms with Gasteiger partial charge in [-0.3, -0.25) is 14.6 Å². The fourth-order valence-corrected chi connectivity index (χ4v) is 3.43. The lowest BCUT2D eigenvalue weighted by Crippen LogP contribution is -2.39. The number of ketones is 1. The molecule has 1 aliphatic rings. The molecule has 0 bridgehead atoms. The number of para-hydroxylation sites is 1. The van der Waals surface area contributed by atoms with Crippen molar-refractivity contribution in [2.45, 2.75) is 13.0 Å². The number of anilines is 2. The van der Waals surface area contributed by atoms with Gasteiger partial charge in [0.25, 0.3) is 0 Å². The van der Waals surface area contributed by atoms with E-state index in [2.05, 4.69) is 15.3 Å². The van der Waals surface area contributed by atoms with Gasteiger partial charge < -0.3 is 20.3 Å². The van der Waals surface area contributed by atoms with E-state index < -0.39 is 0 Å². The van der Waals surface area contributed by atoms with Crippen LogP contribution in [-0.4, -0.2) is 44.8 Å². The van der Waals surface area contributed by atoms with E-state index in [4.69, 9.17) is 5.11 Å². The maximum Gasteiger partial charge on any atom is 0.225 e. The number of hydrogen-bond acceptors (Lipinski definition) is 5. The van der Waals surface area contributed by atoms with Crippen molar-refractivity contribution in [3.05, 3.63) is 66.1 Å². The predicted molar refractivity (Wildman–Crippen MR) is 105 cm³/mol. The first-order chi connectivity index (χ1) is 13.7. The van der Waals surface area contributed by atoms with Gasteiger partial charge in [-0.15, -0.1) is 0 Å². The van der Waals surface area contributed by atoms with Crippen LogP contribution in [0.3, 0.4) is 0 Å². The van der Waals surface area contributed by atoms with Crippen LogP contribution in [0.25, 0.3) is 11.3 Å². The zero-order valence-corrected chi connectivity index (χ0v) is 15.2. The molecular weight excluding hydrogens is 356 g/mol. The van der Waals surface area contributed by atoms with E-state index in [0.29, 0.717) is 23.5 Å². The molecule has 0 fully saturated rings. The molecule has 1 aromatic carbocycles. The van der Waals surface area contributed by atoms with Crippen LogP contribution in [-0.2, 0) is 11.3 Å². The van der Waals surface area contributed by atoms with E-state index >= 15 is 0 Å². The molecule has 0 aliphatic carbocycles. The minimum Gasteiger partial charge on any atom is -0.396 e. The van der Waals surface area contributed by atoms with Crippen molar-refractivity contribution in [2.75, 3.05) is 18.5 Å². The Morgan fingerprint density at radius 2 is 1.89 bits per heavy atom. The number of benzene rings is 1. The third kappa shape index (κ3) is 3.39. The van der Waals surface area contributed by atoms with Crippen LogP contribution < -0.4 is 5.32 Å². The fourth-order valence-electron chi connectivity index (χ4n) is 3.43. The number of nitrogens with zero attached hydrogens (tertiary/aromatic N) is 2. The van der Waals surface area contributed by atoms with Gasteiger partial charge >= 0.3 is 0 Å². The molecule has 7 heteroatoms. The molecule has 7 nitrogen and oxygen atoms in total. The Kier molecular flexibility index (Phi) is 4.90. The predicted octanol–water partition coefficient (Wildman–Crippen LogP) is 2.73. The number of carbonyl (C=O) groups excluding carboxylic acids is 2. The number of fused-ring (bicyclic) bond motifs is 1. The van der Waals surface area contributed by atoms with Crippen LogP contribution in [0.2, 0.25) is 0 Å². The van der Waals surface area contributed by atoms with Gasteiger partial charge in [0.1, 0.15) is 0 Å². The quantitative estimate of drug-likeness (QED) is 0.636. The highest BCUT2D eigenvalue weighted by Gasteiger charge is 2.32. The smallest absolute Gasteiger partial charge is 0.225 e. The Bertz CT molecular complexity index is 999. The summed E-state index contributed by atoms with van der Waals surface area (Å²) in [6, 6.07) is 13.4. The summed E-state index contributed by atoms with van der Waals surface area (Å²) in [5, 5.41) is 12.4. The van der Waals surface area contributed by atoms with Crippen LogP contribution in [0, 0.1) is 0 Å². The van der Waals surface area contributed by atoms with Crippen molar-refractivity contribution in [1.82, 2.24) is 14.9 Å². The number of pyridine rings is 1. The second-order valence-electron chi connectivity index (χ2n) is 6.60. The summed E-state index contributed by atoms with van der Waals surface area (Å²) >= 11 is 0. The Balaban J connectivity index is 1.78. The van der Waals surface area contributed by atoms with E-state index in [9.17, 15) is 9.59 Å². The van der Waals surface area contributed by atoms with Crippen molar-refractivity contribution in [2.24, 2.45) is 0 Å². The highest BCUT2D eigenvalue weighted by Crippen LogP contribution is 2.37. The number of hydrogen-bond donors (Lipinski definition) is 3. The molecule has 3 heterocycles. The largest absolute Gasteiger partial charge is 0.396 e. The van der Waals surface area contributed by atoms with Gasteiger partial charge in [-0.1, -0.05) is 18.2 Å². The minimum absolute atomic E-state index is 0.00292. The molecule has 0 radical (unpaired) electrons. The first kappa shape index (κ1) is 17.9. The van der Waals surface area contributed by atoms with Gasteiger partial charge in [-0.25, -0.2) is 0 Å². The van der Waals surface area contributed by atoms with Crippen molar-refractivity contribution in [3.8, 4) is 11.3 Å². The van der Waals surface area contributed by atoms with E-state index in [0.717, 1.165) is 16.9 Å². The van der Waals surface area contributed by atoms with E-state index in [1.54, 1.807) is 12.4 Å². The van der Waals surface area contributed by atoms with Crippen molar-refractivity contribution < 1.29 is 14.7 Å². The number of aromatic amines is 1. The Labute approximate surface area is 162 Å². The van der Waals surface area contributed by atoms with Crippen LogP contribution in [0.5, 0.6) is 0 Å². The zero-order chi connectivity index (χ0) is 19.5. The number of H-pyrrole nitrogens is 1. The molecule has 1 aliphatic heterocycles. The summed E-state index contributed by atoms with van der Waals surface area (Å²) in [5.41, 5.74) is 4.50. The molecule has 0 unspecified atom stereocenters. The minimum atomic E-state index is -0.237. The molecule has 3 N–H and O–H groups in total. The van der Waals surface area contributed by atoms with Crippen molar-refractivity contribution in [1.29, 1.82) is 0 Å². The van der Waals surface area contributed by atoms with Gasteiger partial charge in [0.15, 0.2) is 5.78 Å². The highest BCUT2D eigenvalue weighted by molar-refractivity contribution is 6.09. The van der Waals surface area contributed by atoms with E-state index in [-0.39, 0.29) is 31.3 Å². The zero-order valence-electron chi connectivity index (χ0n) is 15.2. The summed E-state index contributed by atoms with van der Waals surface area (Å²) in [4.78, 5) is 34.0. The SMILES string of the molecule is O=C1CN(C(=O)CCO)Cc2[nH]c(-c3ccncc3)c(Nc3ccccc3)c21. The summed E-state index contributed by atoms with van der Waals surface area (Å²) in [7, 11) is 0. The second kappa shape index (κ2) is 7.66. The van der Waals surface area contributed by atoms with Gasteiger partial charge in [-0.2, -0.15) is 0 Å². The van der Waals surface area contributed by atoms with Crippen LogP contribution in [0.4, 0.5) is 11.4 Å². The average Bonchev–Trinajstić information content (AvgIpc) is 3.08. The molecular formula is C21H20N4O3. The van der Waals surface area contributed by atoms with Crippen molar-refractivity contribution in [3.63, 3.8) is 0 Å². The standard InChI is InChI=1S/C21H20N4O3/c26-11-8-18(28)25-12-16-19(17(27)13-25)21(23-15-4-2-1-3-5-15)20(24-16)14-6-9-22-10-7-14/h1-7,9-10,23-24,26H,8,11-13H2. The number of amides is 1. The van der Waals surface area contributed by atoms with Gasteiger partial charge in [0, 0.05) is 35.8 Å². The highest BCUT2D eigenvalue weighted by atomic mass is 16.3.